The molecule has 4 atom stereocenters. The zero-order chi connectivity index (χ0) is 15.7. The highest BCUT2D eigenvalue weighted by Gasteiger charge is 2.48. The van der Waals surface area contributed by atoms with Crippen LogP contribution < -0.4 is 5.32 Å². The van der Waals surface area contributed by atoms with E-state index in [1.807, 2.05) is 30.1 Å². The standard InChI is InChI=1S/C18H24N2O2/c1-12(21)16-9-8-15-11-14(10-13-6-4-3-5-7-13)17(19-2)18(22)20(15)16/h3-7,14-17,19H,8-11H2,1-2H3/t14-,15?,16+,17+/m1/s1. The largest absolute Gasteiger partial charge is 0.328 e. The molecule has 2 saturated heterocycles. The summed E-state index contributed by atoms with van der Waals surface area (Å²) in [6.45, 7) is 1.60. The van der Waals surface area contributed by atoms with Crippen LogP contribution in [0.25, 0.3) is 0 Å². The molecule has 0 spiro atoms. The van der Waals surface area contributed by atoms with E-state index in [2.05, 4.69) is 17.4 Å². The van der Waals surface area contributed by atoms with E-state index in [0.717, 1.165) is 25.7 Å². The van der Waals surface area contributed by atoms with E-state index in [1.54, 1.807) is 6.92 Å². The van der Waals surface area contributed by atoms with Crippen LogP contribution in [-0.2, 0) is 16.0 Å². The third kappa shape index (κ3) is 2.68. The molecule has 22 heavy (non-hydrogen) atoms. The Bertz CT molecular complexity index is 557. The van der Waals surface area contributed by atoms with Crippen LogP contribution in [0.1, 0.15) is 31.7 Å². The van der Waals surface area contributed by atoms with Gasteiger partial charge in [0.1, 0.15) is 0 Å². The minimum absolute atomic E-state index is 0.109. The van der Waals surface area contributed by atoms with Crippen molar-refractivity contribution in [2.24, 2.45) is 5.92 Å². The van der Waals surface area contributed by atoms with Crippen LogP contribution in [0.5, 0.6) is 0 Å². The van der Waals surface area contributed by atoms with Gasteiger partial charge in [0.2, 0.25) is 5.91 Å². The Morgan fingerprint density at radius 1 is 1.27 bits per heavy atom. The predicted octanol–water partition coefficient (Wildman–Crippen LogP) is 1.79. The molecule has 2 aliphatic rings. The Labute approximate surface area is 131 Å². The summed E-state index contributed by atoms with van der Waals surface area (Å²) < 4.78 is 0. The van der Waals surface area contributed by atoms with Gasteiger partial charge >= 0.3 is 0 Å². The van der Waals surface area contributed by atoms with Gasteiger partial charge in [0.15, 0.2) is 5.78 Å². The van der Waals surface area contributed by atoms with Crippen LogP contribution in [0.2, 0.25) is 0 Å². The summed E-state index contributed by atoms with van der Waals surface area (Å²) in [6, 6.07) is 10.2. The molecule has 118 valence electrons. The minimum Gasteiger partial charge on any atom is -0.328 e. The topological polar surface area (TPSA) is 49.4 Å². The quantitative estimate of drug-likeness (QED) is 0.922. The van der Waals surface area contributed by atoms with Crippen LogP contribution in [0, 0.1) is 5.92 Å². The van der Waals surface area contributed by atoms with Gasteiger partial charge in [-0.3, -0.25) is 9.59 Å². The van der Waals surface area contributed by atoms with Crippen LogP contribution >= 0.6 is 0 Å². The average Bonchev–Trinajstić information content (AvgIpc) is 2.93. The molecule has 2 heterocycles. The van der Waals surface area contributed by atoms with Crippen LogP contribution in [0.15, 0.2) is 30.3 Å². The molecular formula is C18H24N2O2. The Hall–Kier alpha value is -1.68. The Morgan fingerprint density at radius 3 is 2.64 bits per heavy atom. The molecule has 1 aromatic rings. The maximum Gasteiger partial charge on any atom is 0.240 e. The lowest BCUT2D eigenvalue weighted by Gasteiger charge is -2.42. The predicted molar refractivity (Wildman–Crippen MR) is 85.4 cm³/mol. The molecule has 2 aliphatic heterocycles. The van der Waals surface area contributed by atoms with Gasteiger partial charge < -0.3 is 10.2 Å². The molecule has 4 heteroatoms. The summed E-state index contributed by atoms with van der Waals surface area (Å²) in [7, 11) is 1.85. The number of nitrogens with zero attached hydrogens (tertiary/aromatic N) is 1. The maximum absolute atomic E-state index is 12.9. The van der Waals surface area contributed by atoms with Gasteiger partial charge in [-0.1, -0.05) is 30.3 Å². The van der Waals surface area contributed by atoms with Crippen molar-refractivity contribution in [1.82, 2.24) is 10.2 Å². The number of benzene rings is 1. The number of amides is 1. The molecule has 0 bridgehead atoms. The zero-order valence-electron chi connectivity index (χ0n) is 13.3. The second kappa shape index (κ2) is 6.21. The highest BCUT2D eigenvalue weighted by Crippen LogP contribution is 2.36. The highest BCUT2D eigenvalue weighted by atomic mass is 16.2. The lowest BCUT2D eigenvalue weighted by atomic mass is 9.82. The lowest BCUT2D eigenvalue weighted by Crippen LogP contribution is -2.59. The number of likely N-dealkylation sites (N-methyl/N-ethyl adjacent to an activating group) is 1. The van der Waals surface area contributed by atoms with E-state index in [9.17, 15) is 9.59 Å². The molecule has 4 nitrogen and oxygen atoms in total. The first-order valence-corrected chi connectivity index (χ1v) is 8.15. The number of rotatable bonds is 4. The molecule has 0 aliphatic carbocycles. The smallest absolute Gasteiger partial charge is 0.240 e. The van der Waals surface area contributed by atoms with Crippen molar-refractivity contribution in [2.75, 3.05) is 7.05 Å². The van der Waals surface area contributed by atoms with Crippen molar-refractivity contribution in [3.05, 3.63) is 35.9 Å². The van der Waals surface area contributed by atoms with Gasteiger partial charge in [0.05, 0.1) is 12.1 Å². The van der Waals surface area contributed by atoms with Crippen molar-refractivity contribution in [1.29, 1.82) is 0 Å². The normalized spacial score (nSPS) is 31.2. The van der Waals surface area contributed by atoms with Gasteiger partial charge in [-0.15, -0.1) is 0 Å². The summed E-state index contributed by atoms with van der Waals surface area (Å²) in [6.07, 6.45) is 3.67. The fourth-order valence-corrected chi connectivity index (χ4v) is 4.17. The number of Topliss-reactive ketones (excluding diaryl/α,β-unsaturated/α-hetero) is 1. The Kier molecular flexibility index (Phi) is 4.30. The molecule has 1 N–H and O–H groups in total. The lowest BCUT2D eigenvalue weighted by molar-refractivity contribution is -0.145. The van der Waals surface area contributed by atoms with Gasteiger partial charge in [-0.25, -0.2) is 0 Å². The molecule has 1 aromatic carbocycles. The third-order valence-electron chi connectivity index (χ3n) is 5.19. The van der Waals surface area contributed by atoms with E-state index >= 15 is 0 Å². The SMILES string of the molecule is CN[C@@H]1C(=O)N2C(CC[C@H]2C(C)=O)C[C@H]1Cc1ccccc1. The van der Waals surface area contributed by atoms with Gasteiger partial charge in [0.25, 0.3) is 0 Å². The van der Waals surface area contributed by atoms with Gasteiger partial charge in [-0.2, -0.15) is 0 Å². The molecule has 2 fully saturated rings. The number of hydrogen-bond donors (Lipinski definition) is 1. The summed E-state index contributed by atoms with van der Waals surface area (Å²) in [4.78, 5) is 26.5. The van der Waals surface area contributed by atoms with Crippen molar-refractivity contribution in [2.45, 2.75) is 50.7 Å². The summed E-state index contributed by atoms with van der Waals surface area (Å²) in [5.41, 5.74) is 1.27. The first-order valence-electron chi connectivity index (χ1n) is 8.15. The second-order valence-electron chi connectivity index (χ2n) is 6.55. The number of carbonyl (C=O) groups excluding carboxylic acids is 2. The van der Waals surface area contributed by atoms with Crippen molar-refractivity contribution in [3.63, 3.8) is 0 Å². The number of hydrogen-bond acceptors (Lipinski definition) is 3. The number of fused-ring (bicyclic) bond motifs is 1. The van der Waals surface area contributed by atoms with Gasteiger partial charge in [0, 0.05) is 6.04 Å². The molecule has 0 aromatic heterocycles. The minimum atomic E-state index is -0.203. The summed E-state index contributed by atoms with van der Waals surface area (Å²) in [5.74, 6) is 0.524. The first kappa shape index (κ1) is 15.2. The second-order valence-corrected chi connectivity index (χ2v) is 6.55. The van der Waals surface area contributed by atoms with Crippen LogP contribution in [0.3, 0.4) is 0 Å². The molecule has 1 amide bonds. The average molecular weight is 300 g/mol. The Morgan fingerprint density at radius 2 is 2.00 bits per heavy atom. The summed E-state index contributed by atoms with van der Waals surface area (Å²) in [5, 5.41) is 3.19. The molecule has 0 saturated carbocycles. The molecule has 1 unspecified atom stereocenters. The summed E-state index contributed by atoms with van der Waals surface area (Å²) >= 11 is 0. The highest BCUT2D eigenvalue weighted by molar-refractivity contribution is 5.91. The fourth-order valence-electron chi connectivity index (χ4n) is 4.17. The van der Waals surface area contributed by atoms with E-state index in [4.69, 9.17) is 0 Å². The number of ketones is 1. The molecule has 3 rings (SSSR count). The van der Waals surface area contributed by atoms with Crippen LogP contribution in [-0.4, -0.2) is 41.8 Å². The van der Waals surface area contributed by atoms with E-state index in [-0.39, 0.29) is 29.8 Å². The number of piperidine rings is 1. The third-order valence-corrected chi connectivity index (χ3v) is 5.19. The first-order chi connectivity index (χ1) is 10.6. The Balaban J connectivity index is 1.80. The van der Waals surface area contributed by atoms with Crippen molar-refractivity contribution in [3.8, 4) is 0 Å². The fraction of sp³-hybridized carbons (Fsp3) is 0.556. The van der Waals surface area contributed by atoms with Gasteiger partial charge in [-0.05, 0) is 51.1 Å². The monoisotopic (exact) mass is 300 g/mol. The zero-order valence-corrected chi connectivity index (χ0v) is 13.3. The van der Waals surface area contributed by atoms with Crippen molar-refractivity contribution < 1.29 is 9.59 Å². The van der Waals surface area contributed by atoms with E-state index in [0.29, 0.717) is 5.92 Å². The van der Waals surface area contributed by atoms with E-state index in [1.165, 1.54) is 5.56 Å². The number of nitrogens with one attached hydrogen (secondary N) is 1. The maximum atomic E-state index is 12.9. The molecular weight excluding hydrogens is 276 g/mol. The van der Waals surface area contributed by atoms with Crippen LogP contribution in [0.4, 0.5) is 0 Å². The van der Waals surface area contributed by atoms with Crippen molar-refractivity contribution >= 4 is 11.7 Å². The van der Waals surface area contributed by atoms with E-state index < -0.39 is 0 Å². The number of carbonyl (C=O) groups is 2. The molecule has 0 radical (unpaired) electrons.